The molecule has 1 spiro atoms. The number of rotatable bonds is 10. The van der Waals surface area contributed by atoms with Crippen molar-refractivity contribution in [3.63, 3.8) is 0 Å². The van der Waals surface area contributed by atoms with Crippen LogP contribution in [-0.4, -0.2) is 76.2 Å². The van der Waals surface area contributed by atoms with E-state index in [1.165, 1.54) is 4.90 Å². The number of amides is 2. The number of aliphatic hydroxyl groups excluding tert-OH is 1. The molecule has 5 rings (SSSR count). The molecule has 218 valence electrons. The second-order valence-electron chi connectivity index (χ2n) is 11.2. The van der Waals surface area contributed by atoms with Gasteiger partial charge in [0.15, 0.2) is 0 Å². The number of esters is 1. The van der Waals surface area contributed by atoms with Crippen LogP contribution in [0.2, 0.25) is 0 Å². The van der Waals surface area contributed by atoms with Crippen molar-refractivity contribution < 1.29 is 29.0 Å². The summed E-state index contributed by atoms with van der Waals surface area (Å²) >= 11 is 3.69. The molecule has 3 unspecified atom stereocenters. The highest BCUT2D eigenvalue weighted by Crippen LogP contribution is 2.61. The minimum Gasteiger partial charge on any atom is -0.466 e. The summed E-state index contributed by atoms with van der Waals surface area (Å²) in [5, 5.41) is 10.7. The summed E-state index contributed by atoms with van der Waals surface area (Å²) in [5.74, 6) is -2.95. The zero-order valence-corrected chi connectivity index (χ0v) is 25.2. The number of alkyl halides is 1. The molecule has 9 heteroatoms. The Morgan fingerprint density at radius 3 is 2.51 bits per heavy atom. The van der Waals surface area contributed by atoms with Crippen molar-refractivity contribution in [1.82, 2.24) is 4.90 Å². The predicted octanol–water partition coefficient (Wildman–Crippen LogP) is 3.74. The number of ether oxygens (including phenoxy) is 2. The first-order chi connectivity index (χ1) is 19.7. The number of likely N-dealkylation sites (tertiary alicyclic amines) is 1. The molecule has 2 aromatic rings. The molecule has 1 N–H and O–H groups in total. The van der Waals surface area contributed by atoms with E-state index in [1.54, 1.807) is 17.9 Å². The lowest BCUT2D eigenvalue weighted by atomic mass is 9.70. The summed E-state index contributed by atoms with van der Waals surface area (Å²) in [7, 11) is 0. The van der Waals surface area contributed by atoms with Gasteiger partial charge in [-0.05, 0) is 50.3 Å². The van der Waals surface area contributed by atoms with Crippen LogP contribution in [0.5, 0.6) is 0 Å². The largest absolute Gasteiger partial charge is 0.466 e. The molecule has 0 radical (unpaired) electrons. The maximum absolute atomic E-state index is 14.9. The van der Waals surface area contributed by atoms with Crippen molar-refractivity contribution in [2.24, 2.45) is 11.8 Å². The fourth-order valence-electron chi connectivity index (χ4n) is 7.18. The zero-order chi connectivity index (χ0) is 29.5. The van der Waals surface area contributed by atoms with Gasteiger partial charge in [0, 0.05) is 17.1 Å². The summed E-state index contributed by atoms with van der Waals surface area (Å²) < 4.78 is 12.0. The molecule has 0 aromatic heterocycles. The van der Waals surface area contributed by atoms with Crippen LogP contribution in [-0.2, 0) is 30.3 Å². The molecule has 2 amide bonds. The molecule has 41 heavy (non-hydrogen) atoms. The van der Waals surface area contributed by atoms with Gasteiger partial charge in [-0.3, -0.25) is 14.4 Å². The van der Waals surface area contributed by atoms with Crippen molar-refractivity contribution in [2.45, 2.75) is 62.2 Å². The molecule has 3 fully saturated rings. The first-order valence-corrected chi connectivity index (χ1v) is 15.1. The van der Waals surface area contributed by atoms with Crippen LogP contribution in [0, 0.1) is 25.7 Å². The fraction of sp³-hybridized carbons (Fsp3) is 0.469. The van der Waals surface area contributed by atoms with E-state index >= 15 is 0 Å². The minimum absolute atomic E-state index is 0.169. The molecule has 0 aliphatic carbocycles. The van der Waals surface area contributed by atoms with Crippen molar-refractivity contribution >= 4 is 39.4 Å². The highest BCUT2D eigenvalue weighted by molar-refractivity contribution is 9.09. The lowest BCUT2D eigenvalue weighted by Crippen LogP contribution is -2.59. The number of para-hydroxylation sites is 1. The summed E-state index contributed by atoms with van der Waals surface area (Å²) in [6.07, 6.45) is 1.77. The van der Waals surface area contributed by atoms with Crippen molar-refractivity contribution in [3.05, 3.63) is 77.9 Å². The normalized spacial score (nSPS) is 28.9. The third-order valence-electron chi connectivity index (χ3n) is 8.73. The lowest BCUT2D eigenvalue weighted by molar-refractivity contribution is -0.155. The fourth-order valence-corrected chi connectivity index (χ4v) is 8.13. The Labute approximate surface area is 249 Å². The van der Waals surface area contributed by atoms with E-state index < -0.39 is 41.6 Å². The number of fused-ring (bicyclic) bond motifs is 1. The number of hydrogen-bond acceptors (Lipinski definition) is 6. The highest BCUT2D eigenvalue weighted by atomic mass is 79.9. The van der Waals surface area contributed by atoms with Gasteiger partial charge in [0.2, 0.25) is 5.91 Å². The molecule has 3 saturated heterocycles. The molecule has 2 aromatic carbocycles. The maximum Gasteiger partial charge on any atom is 0.312 e. The van der Waals surface area contributed by atoms with E-state index in [-0.39, 0.29) is 36.4 Å². The Kier molecular flexibility index (Phi) is 8.41. The standard InChI is InChI=1S/C32H37BrN2O6/c1-5-15-34(26-19(3)11-10-12-20(26)4)30(38)28-32-17-23(33)27(41-32)24(31(39)40-6-2)25(32)29(37)35(28)22(18-36)16-21-13-8-7-9-14-21/h5,7-14,22-25,27-28,36H,1,6,15-18H2,2-4H3/t22-,23?,24-,25+,27-,28?,32?/m1/s1. The predicted molar refractivity (Wildman–Crippen MR) is 159 cm³/mol. The molecule has 0 saturated carbocycles. The molecule has 2 bridgehead atoms. The molecule has 3 aliphatic heterocycles. The van der Waals surface area contributed by atoms with E-state index in [9.17, 15) is 19.5 Å². The van der Waals surface area contributed by atoms with Crippen molar-refractivity contribution in [1.29, 1.82) is 0 Å². The average molecular weight is 626 g/mol. The third-order valence-corrected chi connectivity index (χ3v) is 9.57. The second kappa shape index (κ2) is 11.7. The topological polar surface area (TPSA) is 96.4 Å². The minimum atomic E-state index is -1.26. The number of carbonyl (C=O) groups excluding carboxylic acids is 3. The molecule has 3 aliphatic rings. The van der Waals surface area contributed by atoms with Crippen LogP contribution in [0.15, 0.2) is 61.2 Å². The van der Waals surface area contributed by atoms with Gasteiger partial charge in [-0.15, -0.1) is 6.58 Å². The van der Waals surface area contributed by atoms with E-state index in [0.29, 0.717) is 12.8 Å². The summed E-state index contributed by atoms with van der Waals surface area (Å²) in [6, 6.07) is 13.6. The van der Waals surface area contributed by atoms with Gasteiger partial charge >= 0.3 is 5.97 Å². The number of hydrogen-bond donors (Lipinski definition) is 1. The lowest BCUT2D eigenvalue weighted by Gasteiger charge is -2.40. The highest BCUT2D eigenvalue weighted by Gasteiger charge is 2.77. The number of carbonyl (C=O) groups is 3. The van der Waals surface area contributed by atoms with Crippen LogP contribution in [0.4, 0.5) is 5.69 Å². The van der Waals surface area contributed by atoms with Gasteiger partial charge in [-0.1, -0.05) is 70.5 Å². The number of aliphatic hydroxyl groups is 1. The van der Waals surface area contributed by atoms with Crippen LogP contribution in [0.3, 0.4) is 0 Å². The van der Waals surface area contributed by atoms with Gasteiger partial charge in [-0.2, -0.15) is 0 Å². The van der Waals surface area contributed by atoms with E-state index in [4.69, 9.17) is 9.47 Å². The van der Waals surface area contributed by atoms with Crippen LogP contribution >= 0.6 is 15.9 Å². The molecule has 8 nitrogen and oxygen atoms in total. The molecular formula is C32H37BrN2O6. The number of halogens is 1. The van der Waals surface area contributed by atoms with Gasteiger partial charge in [0.05, 0.1) is 37.2 Å². The van der Waals surface area contributed by atoms with Gasteiger partial charge < -0.3 is 24.4 Å². The summed E-state index contributed by atoms with van der Waals surface area (Å²) in [6.45, 7) is 9.54. The summed E-state index contributed by atoms with van der Waals surface area (Å²) in [4.78, 5) is 45.6. The Balaban J connectivity index is 1.65. The molecule has 3 heterocycles. The van der Waals surface area contributed by atoms with Gasteiger partial charge in [-0.25, -0.2) is 0 Å². The van der Waals surface area contributed by atoms with Crippen LogP contribution in [0.25, 0.3) is 0 Å². The van der Waals surface area contributed by atoms with Crippen molar-refractivity contribution in [2.75, 3.05) is 24.7 Å². The van der Waals surface area contributed by atoms with E-state index in [0.717, 1.165) is 22.4 Å². The first-order valence-electron chi connectivity index (χ1n) is 14.1. The quantitative estimate of drug-likeness (QED) is 0.246. The van der Waals surface area contributed by atoms with E-state index in [1.807, 2.05) is 62.4 Å². The monoisotopic (exact) mass is 624 g/mol. The van der Waals surface area contributed by atoms with Crippen molar-refractivity contribution in [3.8, 4) is 0 Å². The number of anilines is 1. The van der Waals surface area contributed by atoms with Gasteiger partial charge in [0.25, 0.3) is 5.91 Å². The van der Waals surface area contributed by atoms with Crippen LogP contribution in [0.1, 0.15) is 30.0 Å². The zero-order valence-electron chi connectivity index (χ0n) is 23.7. The van der Waals surface area contributed by atoms with Crippen LogP contribution < -0.4 is 4.90 Å². The Bertz CT molecular complexity index is 1310. The van der Waals surface area contributed by atoms with Gasteiger partial charge in [0.1, 0.15) is 11.6 Å². The Morgan fingerprint density at radius 2 is 1.90 bits per heavy atom. The Morgan fingerprint density at radius 1 is 1.22 bits per heavy atom. The second-order valence-corrected chi connectivity index (χ2v) is 12.3. The smallest absolute Gasteiger partial charge is 0.312 e. The summed E-state index contributed by atoms with van der Waals surface area (Å²) in [5.41, 5.74) is 2.23. The van der Waals surface area contributed by atoms with E-state index in [2.05, 4.69) is 22.5 Å². The average Bonchev–Trinajstić information content (AvgIpc) is 3.55. The molecule has 7 atom stereocenters. The number of aryl methyl sites for hydroxylation is 2. The maximum atomic E-state index is 14.9. The Hall–Kier alpha value is -3.01. The SMILES string of the molecule is C=CCN(C(=O)C1N([C@@H](CO)Cc2ccccc2)C(=O)[C@@H]2[C@@H](C(=O)OCC)[C@@H]3OC12CC3Br)c1c(C)cccc1C. The third kappa shape index (κ3) is 4.81. The number of benzene rings is 2. The number of nitrogens with zero attached hydrogens (tertiary/aromatic N) is 2. The first kappa shape index (κ1) is 29.5. The molecular weight excluding hydrogens is 588 g/mol.